The van der Waals surface area contributed by atoms with Crippen LogP contribution in [-0.2, 0) is 61.9 Å². The molecule has 368 valence electrons. The topological polar surface area (TPSA) is 326 Å². The van der Waals surface area contributed by atoms with E-state index in [0.717, 1.165) is 6.92 Å². The number of nitrogens with one attached hydrogen (secondary N) is 1. The number of ether oxygens (including phenoxy) is 7. The van der Waals surface area contributed by atoms with E-state index in [1.54, 1.807) is 39.0 Å². The lowest BCUT2D eigenvalue weighted by Crippen LogP contribution is -2.81. The molecule has 2 amide bonds. The predicted octanol–water partition coefficient (Wildman–Crippen LogP) is 0.594. The number of hydrogen-bond donors (Lipinski definition) is 6. The molecule has 0 aromatic heterocycles. The quantitative estimate of drug-likeness (QED) is 0.0845. The van der Waals surface area contributed by atoms with Gasteiger partial charge in [-0.05, 0) is 76.7 Å². The molecule has 1 heterocycles. The Morgan fingerprint density at radius 1 is 0.985 bits per heavy atom. The largest absolute Gasteiger partial charge is 0.455 e. The number of benzene rings is 1. The van der Waals surface area contributed by atoms with Crippen LogP contribution in [0.4, 0.5) is 4.79 Å². The summed E-state index contributed by atoms with van der Waals surface area (Å²) in [7, 11) is 0. The Bertz CT molecular complexity index is 2200. The first-order valence-corrected chi connectivity index (χ1v) is 22.1. The van der Waals surface area contributed by atoms with Crippen LogP contribution in [0, 0.1) is 22.7 Å². The monoisotopic (exact) mass is 943 g/mol. The lowest BCUT2D eigenvalue weighted by molar-refractivity contribution is -0.346. The maximum Gasteiger partial charge on any atom is 0.408 e. The lowest BCUT2D eigenvalue weighted by Gasteiger charge is -2.67. The van der Waals surface area contributed by atoms with E-state index in [0.29, 0.717) is 12.8 Å². The van der Waals surface area contributed by atoms with Crippen molar-refractivity contribution in [1.29, 1.82) is 0 Å². The Kier molecular flexibility index (Phi) is 14.1. The van der Waals surface area contributed by atoms with Crippen LogP contribution in [0.25, 0.3) is 0 Å². The summed E-state index contributed by atoms with van der Waals surface area (Å²) in [6.45, 7) is 10.3. The molecule has 8 N–H and O–H groups in total. The number of fused-ring (bicyclic) bond motifs is 5. The average Bonchev–Trinajstić information content (AvgIpc) is 4.08. The van der Waals surface area contributed by atoms with Crippen molar-refractivity contribution < 1.29 is 86.8 Å². The SMILES string of the molecule is CC(=O)O[C@@]12CO[C@@H]1C[C@H](O)[C@@]1(C)C(=O)[C@H](O)C3=C(C)[C@@H](OC(=O)C(OC(=O)COC(=O)C[C@H](N)C(N)=O)C(NC(=O)OC(C)(C)C)C4CC4)C[C@@](O)([C@@H](OC(=O)c4ccccc4)[C@H]21)C3(C)C. The molecular formula is C46H61N3O18. The van der Waals surface area contributed by atoms with Crippen molar-refractivity contribution >= 4 is 47.6 Å². The molecule has 1 aromatic carbocycles. The maximum atomic E-state index is 15.1. The Morgan fingerprint density at radius 2 is 1.63 bits per heavy atom. The third-order valence-electron chi connectivity index (χ3n) is 13.9. The number of Topliss-reactive ketones (excluding diaryl/α,β-unsaturated/α-hetero) is 1. The van der Waals surface area contributed by atoms with E-state index in [4.69, 9.17) is 44.6 Å². The molecule has 6 rings (SSSR count). The fourth-order valence-electron chi connectivity index (χ4n) is 10.2. The first kappa shape index (κ1) is 50.9. The number of aliphatic hydroxyl groups excluding tert-OH is 2. The highest BCUT2D eigenvalue weighted by atomic mass is 16.6. The predicted molar refractivity (Wildman–Crippen MR) is 228 cm³/mol. The molecule has 21 heteroatoms. The highest BCUT2D eigenvalue weighted by Gasteiger charge is 2.78. The number of rotatable bonds is 14. The second-order valence-corrected chi connectivity index (χ2v) is 19.9. The Morgan fingerprint density at radius 3 is 2.18 bits per heavy atom. The smallest absolute Gasteiger partial charge is 0.408 e. The van der Waals surface area contributed by atoms with Crippen LogP contribution in [0.5, 0.6) is 0 Å². The van der Waals surface area contributed by atoms with Gasteiger partial charge in [-0.25, -0.2) is 19.2 Å². The zero-order chi connectivity index (χ0) is 49.8. The molecular weight excluding hydrogens is 883 g/mol. The van der Waals surface area contributed by atoms with Crippen molar-refractivity contribution in [3.63, 3.8) is 0 Å². The molecule has 1 saturated heterocycles. The van der Waals surface area contributed by atoms with Crippen molar-refractivity contribution in [2.75, 3.05) is 13.2 Å². The minimum absolute atomic E-state index is 0.0266. The maximum absolute atomic E-state index is 15.1. The van der Waals surface area contributed by atoms with Gasteiger partial charge in [-0.15, -0.1) is 0 Å². The number of nitrogens with two attached hydrogens (primary N) is 2. The van der Waals surface area contributed by atoms with Gasteiger partial charge in [-0.2, -0.15) is 0 Å². The van der Waals surface area contributed by atoms with E-state index in [2.05, 4.69) is 5.32 Å². The van der Waals surface area contributed by atoms with Gasteiger partial charge in [0.15, 0.2) is 18.0 Å². The normalized spacial score (nSPS) is 32.1. The second kappa shape index (κ2) is 18.5. The first-order valence-electron chi connectivity index (χ1n) is 22.1. The zero-order valence-electron chi connectivity index (χ0n) is 38.7. The molecule has 1 aromatic rings. The highest BCUT2D eigenvalue weighted by Crippen LogP contribution is 2.64. The first-order chi connectivity index (χ1) is 31.1. The molecule has 2 bridgehead atoms. The van der Waals surface area contributed by atoms with Crippen LogP contribution in [0.15, 0.2) is 41.5 Å². The van der Waals surface area contributed by atoms with E-state index >= 15 is 4.79 Å². The lowest BCUT2D eigenvalue weighted by atomic mass is 9.44. The third kappa shape index (κ3) is 9.65. The summed E-state index contributed by atoms with van der Waals surface area (Å²) in [5, 5.41) is 40.4. The number of aliphatic hydroxyl groups is 3. The van der Waals surface area contributed by atoms with Gasteiger partial charge in [0.2, 0.25) is 12.0 Å². The van der Waals surface area contributed by atoms with Crippen LogP contribution < -0.4 is 16.8 Å². The van der Waals surface area contributed by atoms with E-state index in [1.807, 2.05) is 0 Å². The van der Waals surface area contributed by atoms with E-state index in [-0.39, 0.29) is 29.7 Å². The van der Waals surface area contributed by atoms with Gasteiger partial charge in [-0.1, -0.05) is 32.0 Å². The average molecular weight is 944 g/mol. The molecule has 21 nitrogen and oxygen atoms in total. The number of hydrogen-bond acceptors (Lipinski definition) is 19. The van der Waals surface area contributed by atoms with Gasteiger partial charge in [0.25, 0.3) is 0 Å². The van der Waals surface area contributed by atoms with Crippen LogP contribution in [0.2, 0.25) is 0 Å². The standard InChI is InChI=1S/C46H61N3O18/c1-21-26(63-40(58)34(32(23-14-15-23)49-41(59)67-42(3,4)5)64-30(53)19-61-29(52)16-25(47)38(48)56)18-46(60)37(65-39(57)24-12-10-9-11-13-24)35-44(8,36(55)33(54)31(21)43(46,6)7)27(51)17-28-45(35,20-62-28)66-22(2)50/h9-13,23,25-28,32-35,37,51,54,60H,14-20,47H2,1-8H3,(H2,48,56)(H,49,59)/t25-,26-,27-,28+,32?,33+,34?,35-,37-,44+,45-,46+/m0/s1. The van der Waals surface area contributed by atoms with Gasteiger partial charge >= 0.3 is 35.9 Å². The summed E-state index contributed by atoms with van der Waals surface area (Å²) in [5.74, 6) is -9.55. The molecule has 0 radical (unpaired) electrons. The fourth-order valence-corrected chi connectivity index (χ4v) is 10.2. The molecule has 0 spiro atoms. The Labute approximate surface area is 386 Å². The zero-order valence-corrected chi connectivity index (χ0v) is 38.7. The molecule has 67 heavy (non-hydrogen) atoms. The number of carbonyl (C=O) groups excluding carboxylic acids is 8. The number of carbonyl (C=O) groups is 8. The van der Waals surface area contributed by atoms with Crippen LogP contribution in [0.3, 0.4) is 0 Å². The summed E-state index contributed by atoms with van der Waals surface area (Å²) < 4.78 is 40.3. The fraction of sp³-hybridized carbons (Fsp3) is 0.652. The molecule has 4 aliphatic carbocycles. The van der Waals surface area contributed by atoms with Crippen LogP contribution >= 0.6 is 0 Å². The minimum Gasteiger partial charge on any atom is -0.455 e. The van der Waals surface area contributed by atoms with E-state index in [1.165, 1.54) is 39.8 Å². The van der Waals surface area contributed by atoms with Gasteiger partial charge in [0.05, 0.1) is 48.1 Å². The van der Waals surface area contributed by atoms with Gasteiger partial charge < -0.3 is 65.3 Å². The molecule has 2 unspecified atom stereocenters. The summed E-state index contributed by atoms with van der Waals surface area (Å²) in [6.07, 6.45) is -11.9. The number of primary amides is 1. The Hall–Kier alpha value is -5.48. The van der Waals surface area contributed by atoms with Crippen molar-refractivity contribution in [2.45, 2.75) is 153 Å². The molecule has 1 aliphatic heterocycles. The molecule has 4 fully saturated rings. The van der Waals surface area contributed by atoms with Crippen LogP contribution in [0.1, 0.15) is 97.9 Å². The Balaban J connectivity index is 1.45. The number of ketones is 1. The highest BCUT2D eigenvalue weighted by molar-refractivity contribution is 5.94. The van der Waals surface area contributed by atoms with Gasteiger partial charge in [0, 0.05) is 25.2 Å². The van der Waals surface area contributed by atoms with E-state index in [9.17, 15) is 48.9 Å². The number of alkyl carbamates (subject to hydrolysis) is 1. The van der Waals surface area contributed by atoms with Crippen molar-refractivity contribution in [3.05, 3.63) is 47.0 Å². The third-order valence-corrected chi connectivity index (χ3v) is 13.9. The number of esters is 5. The van der Waals surface area contributed by atoms with Gasteiger partial charge in [0.1, 0.15) is 35.6 Å². The second-order valence-electron chi connectivity index (χ2n) is 19.9. The van der Waals surface area contributed by atoms with Crippen molar-refractivity contribution in [3.8, 4) is 0 Å². The minimum atomic E-state index is -2.47. The van der Waals surface area contributed by atoms with Crippen molar-refractivity contribution in [2.24, 2.45) is 34.1 Å². The molecule has 5 aliphatic rings. The molecule has 3 saturated carbocycles. The summed E-state index contributed by atoms with van der Waals surface area (Å²) in [6, 6.07) is 4.95. The van der Waals surface area contributed by atoms with E-state index < -0.39 is 155 Å². The summed E-state index contributed by atoms with van der Waals surface area (Å²) >= 11 is 0. The summed E-state index contributed by atoms with van der Waals surface area (Å²) in [5.41, 5.74) is 1.50. The van der Waals surface area contributed by atoms with Gasteiger partial charge in [-0.3, -0.25) is 19.2 Å². The number of amides is 2. The van der Waals surface area contributed by atoms with Crippen molar-refractivity contribution in [1.82, 2.24) is 5.32 Å². The van der Waals surface area contributed by atoms with Crippen LogP contribution in [-0.4, -0.2) is 142 Å². The summed E-state index contributed by atoms with van der Waals surface area (Å²) in [4.78, 5) is 107. The molecule has 12 atom stereocenters.